The molecule has 23 heavy (non-hydrogen) atoms. The number of ether oxygens (including phenoxy) is 1. The molecule has 1 N–H and O–H groups in total. The van der Waals surface area contributed by atoms with Gasteiger partial charge in [-0.15, -0.1) is 5.10 Å². The third-order valence-corrected chi connectivity index (χ3v) is 2.92. The number of esters is 1. The minimum atomic E-state index is -0.582. The van der Waals surface area contributed by atoms with Gasteiger partial charge in [0.1, 0.15) is 0 Å². The maximum Gasteiger partial charge on any atom is 0.377 e. The molecule has 0 aliphatic carbocycles. The van der Waals surface area contributed by atoms with Crippen LogP contribution < -0.4 is 5.43 Å². The lowest BCUT2D eigenvalue weighted by atomic mass is 10.2. The van der Waals surface area contributed by atoms with Crippen LogP contribution in [0.1, 0.15) is 5.56 Å². The Kier molecular flexibility index (Phi) is 5.88. The van der Waals surface area contributed by atoms with Crippen molar-refractivity contribution in [2.75, 3.05) is 19.6 Å². The molecular formula is C17H18N4O2. The van der Waals surface area contributed by atoms with Crippen LogP contribution in [0.3, 0.4) is 0 Å². The number of rotatable bonds is 4. The Morgan fingerprint density at radius 3 is 2.30 bits per heavy atom. The lowest BCUT2D eigenvalue weighted by molar-refractivity contribution is -0.133. The summed E-state index contributed by atoms with van der Waals surface area (Å²) in [5, 5.41) is 9.65. The summed E-state index contributed by atoms with van der Waals surface area (Å²) >= 11 is 0. The minimum absolute atomic E-state index is 0.0449. The van der Waals surface area contributed by atoms with Gasteiger partial charge in [-0.25, -0.2) is 9.80 Å². The van der Waals surface area contributed by atoms with Gasteiger partial charge in [-0.2, -0.15) is 5.10 Å². The highest BCUT2D eigenvalue weighted by Gasteiger charge is 2.16. The second-order valence-electron chi connectivity index (χ2n) is 4.58. The molecule has 0 aliphatic rings. The largest absolute Gasteiger partial charge is 0.463 e. The standard InChI is InChI=1S/C17H18N4O2/c1-21(18-13-14-9-5-3-6-10-14)16(17(22)23-2)20-19-15-11-7-4-8-12-15/h3-13,19H,1-2H3/b18-13+,20-16-. The van der Waals surface area contributed by atoms with Crippen LogP contribution in [-0.2, 0) is 9.53 Å². The number of benzene rings is 2. The predicted octanol–water partition coefficient (Wildman–Crippen LogP) is 2.55. The molecule has 0 amide bonds. The van der Waals surface area contributed by atoms with Gasteiger partial charge < -0.3 is 4.74 Å². The number of nitrogens with zero attached hydrogens (tertiary/aromatic N) is 3. The monoisotopic (exact) mass is 310 g/mol. The van der Waals surface area contributed by atoms with Crippen molar-refractivity contribution in [3.05, 3.63) is 66.2 Å². The SMILES string of the molecule is COC(=O)/C(=N/Nc1ccccc1)N(C)/N=C/c1ccccc1. The van der Waals surface area contributed by atoms with E-state index in [9.17, 15) is 4.79 Å². The molecule has 0 saturated carbocycles. The molecule has 0 aromatic heterocycles. The van der Waals surface area contributed by atoms with Crippen molar-refractivity contribution in [2.45, 2.75) is 0 Å². The van der Waals surface area contributed by atoms with Crippen LogP contribution in [0, 0.1) is 0 Å². The molecule has 6 heteroatoms. The molecule has 6 nitrogen and oxygen atoms in total. The second-order valence-corrected chi connectivity index (χ2v) is 4.58. The van der Waals surface area contributed by atoms with Crippen molar-refractivity contribution in [2.24, 2.45) is 10.2 Å². The van der Waals surface area contributed by atoms with E-state index in [-0.39, 0.29) is 5.84 Å². The molecule has 118 valence electrons. The fourth-order valence-corrected chi connectivity index (χ4v) is 1.72. The van der Waals surface area contributed by atoms with E-state index < -0.39 is 5.97 Å². The van der Waals surface area contributed by atoms with Crippen LogP contribution >= 0.6 is 0 Å². The summed E-state index contributed by atoms with van der Waals surface area (Å²) in [5.41, 5.74) is 4.49. The molecule has 0 radical (unpaired) electrons. The number of carbonyl (C=O) groups is 1. The van der Waals surface area contributed by atoms with Crippen molar-refractivity contribution in [1.82, 2.24) is 5.01 Å². The fraction of sp³-hybridized carbons (Fsp3) is 0.118. The number of likely N-dealkylation sites (N-methyl/N-ethyl adjacent to an activating group) is 1. The number of anilines is 1. The number of para-hydroxylation sites is 1. The first-order chi connectivity index (χ1) is 11.2. The Morgan fingerprint density at radius 1 is 1.09 bits per heavy atom. The Labute approximate surface area is 135 Å². The molecule has 0 heterocycles. The fourth-order valence-electron chi connectivity index (χ4n) is 1.72. The zero-order valence-electron chi connectivity index (χ0n) is 13.0. The van der Waals surface area contributed by atoms with Crippen molar-refractivity contribution in [1.29, 1.82) is 0 Å². The van der Waals surface area contributed by atoms with Gasteiger partial charge in [-0.05, 0) is 17.7 Å². The van der Waals surface area contributed by atoms with E-state index in [4.69, 9.17) is 4.74 Å². The van der Waals surface area contributed by atoms with Gasteiger partial charge in [0.05, 0.1) is 19.0 Å². The molecule has 0 saturated heterocycles. The summed E-state index contributed by atoms with van der Waals surface area (Å²) in [6.45, 7) is 0. The lowest BCUT2D eigenvalue weighted by Gasteiger charge is -2.13. The van der Waals surface area contributed by atoms with Crippen LogP contribution in [-0.4, -0.2) is 37.2 Å². The molecule has 0 aliphatic heterocycles. The smallest absolute Gasteiger partial charge is 0.377 e. The van der Waals surface area contributed by atoms with Gasteiger partial charge >= 0.3 is 5.97 Å². The van der Waals surface area contributed by atoms with Crippen molar-refractivity contribution in [3.63, 3.8) is 0 Å². The van der Waals surface area contributed by atoms with E-state index in [2.05, 4.69) is 15.6 Å². The van der Waals surface area contributed by atoms with Gasteiger partial charge in [0.2, 0.25) is 0 Å². The maximum atomic E-state index is 11.9. The zero-order chi connectivity index (χ0) is 16.5. The lowest BCUT2D eigenvalue weighted by Crippen LogP contribution is -2.31. The first kappa shape index (κ1) is 16.2. The second kappa shape index (κ2) is 8.33. The number of methoxy groups -OCH3 is 1. The third kappa shape index (κ3) is 4.96. The van der Waals surface area contributed by atoms with E-state index in [1.165, 1.54) is 12.1 Å². The van der Waals surface area contributed by atoms with E-state index in [1.54, 1.807) is 13.3 Å². The Hall–Kier alpha value is -3.15. The molecule has 0 spiro atoms. The summed E-state index contributed by atoms with van der Waals surface area (Å²) in [6.07, 6.45) is 1.64. The van der Waals surface area contributed by atoms with Crippen LogP contribution in [0.5, 0.6) is 0 Å². The quantitative estimate of drug-likeness (QED) is 0.408. The first-order valence-electron chi connectivity index (χ1n) is 7.00. The molecule has 2 aromatic carbocycles. The van der Waals surface area contributed by atoms with Crippen LogP contribution in [0.15, 0.2) is 70.9 Å². The number of hydrazone groups is 2. The number of amidine groups is 1. The molecule has 2 aromatic rings. The molecular weight excluding hydrogens is 292 g/mol. The van der Waals surface area contributed by atoms with Crippen LogP contribution in [0.2, 0.25) is 0 Å². The third-order valence-electron chi connectivity index (χ3n) is 2.92. The van der Waals surface area contributed by atoms with Gasteiger partial charge in [-0.1, -0.05) is 48.5 Å². The number of nitrogens with one attached hydrogen (secondary N) is 1. The average Bonchev–Trinajstić information content (AvgIpc) is 2.61. The first-order valence-corrected chi connectivity index (χ1v) is 7.00. The van der Waals surface area contributed by atoms with Crippen molar-refractivity contribution < 1.29 is 9.53 Å². The highest BCUT2D eigenvalue weighted by Crippen LogP contribution is 2.05. The van der Waals surface area contributed by atoms with Gasteiger partial charge in [0.25, 0.3) is 5.84 Å². The zero-order valence-corrected chi connectivity index (χ0v) is 13.0. The molecule has 0 fully saturated rings. The Bertz CT molecular complexity index is 684. The van der Waals surface area contributed by atoms with E-state index >= 15 is 0 Å². The number of hydrogen-bond donors (Lipinski definition) is 1. The van der Waals surface area contributed by atoms with Gasteiger partial charge in [-0.3, -0.25) is 5.43 Å². The summed E-state index contributed by atoms with van der Waals surface area (Å²) in [7, 11) is 2.93. The Balaban J connectivity index is 2.14. The van der Waals surface area contributed by atoms with Crippen molar-refractivity contribution in [3.8, 4) is 0 Å². The normalized spacial score (nSPS) is 11.3. The minimum Gasteiger partial charge on any atom is -0.463 e. The van der Waals surface area contributed by atoms with Crippen molar-refractivity contribution >= 4 is 23.7 Å². The molecule has 0 atom stereocenters. The van der Waals surface area contributed by atoms with Gasteiger partial charge in [0, 0.05) is 7.05 Å². The highest BCUT2D eigenvalue weighted by molar-refractivity contribution is 6.35. The maximum absolute atomic E-state index is 11.9. The highest BCUT2D eigenvalue weighted by atomic mass is 16.5. The van der Waals surface area contributed by atoms with Gasteiger partial charge in [0.15, 0.2) is 0 Å². The summed E-state index contributed by atoms with van der Waals surface area (Å²) in [4.78, 5) is 11.9. The molecule has 0 bridgehead atoms. The predicted molar refractivity (Wildman–Crippen MR) is 91.3 cm³/mol. The topological polar surface area (TPSA) is 66.3 Å². The van der Waals surface area contributed by atoms with Crippen LogP contribution in [0.25, 0.3) is 0 Å². The van der Waals surface area contributed by atoms with E-state index in [0.29, 0.717) is 0 Å². The summed E-state index contributed by atoms with van der Waals surface area (Å²) in [6, 6.07) is 18.9. The van der Waals surface area contributed by atoms with E-state index in [0.717, 1.165) is 11.3 Å². The summed E-state index contributed by atoms with van der Waals surface area (Å²) in [5.74, 6) is -0.537. The molecule has 2 rings (SSSR count). The van der Waals surface area contributed by atoms with E-state index in [1.807, 2.05) is 60.7 Å². The average molecular weight is 310 g/mol. The summed E-state index contributed by atoms with van der Waals surface area (Å²) < 4.78 is 4.75. The molecule has 0 unspecified atom stereocenters. The number of hydrogen-bond acceptors (Lipinski definition) is 5. The Morgan fingerprint density at radius 2 is 1.70 bits per heavy atom. The van der Waals surface area contributed by atoms with Crippen LogP contribution in [0.4, 0.5) is 5.69 Å². The number of carbonyl (C=O) groups excluding carboxylic acids is 1.